The van der Waals surface area contributed by atoms with E-state index >= 15 is 0 Å². The third kappa shape index (κ3) is 9.05. The van der Waals surface area contributed by atoms with Gasteiger partial charge in [0.05, 0.1) is 18.8 Å². The number of aromatic nitrogens is 2. The van der Waals surface area contributed by atoms with Gasteiger partial charge >= 0.3 is 6.18 Å². The summed E-state index contributed by atoms with van der Waals surface area (Å²) in [6.07, 6.45) is -2.34. The minimum atomic E-state index is -5.19. The van der Waals surface area contributed by atoms with Crippen LogP contribution in [0.15, 0.2) is 61.1 Å². The van der Waals surface area contributed by atoms with Crippen molar-refractivity contribution in [1.29, 1.82) is 0 Å². The molecule has 9 nitrogen and oxygen atoms in total. The molecule has 0 bridgehead atoms. The van der Waals surface area contributed by atoms with Gasteiger partial charge in [-0.25, -0.2) is 0 Å². The van der Waals surface area contributed by atoms with Crippen molar-refractivity contribution in [2.75, 3.05) is 7.11 Å². The summed E-state index contributed by atoms with van der Waals surface area (Å²) in [4.78, 5) is 47.3. The molecule has 0 aliphatic carbocycles. The number of nitrogens with one attached hydrogen (secondary N) is 2. The fourth-order valence-electron chi connectivity index (χ4n) is 3.85. The highest BCUT2D eigenvalue weighted by molar-refractivity contribution is 6.34. The summed E-state index contributed by atoms with van der Waals surface area (Å²) in [6, 6.07) is 6.81. The number of alkyl halides is 3. The van der Waals surface area contributed by atoms with E-state index in [4.69, 9.17) is 32.7 Å². The van der Waals surface area contributed by atoms with E-state index < -0.39 is 47.9 Å². The quantitative estimate of drug-likeness (QED) is 0.293. The molecule has 2 aromatic carbocycles. The smallest absolute Gasteiger partial charge is 0.452 e. The zero-order chi connectivity index (χ0) is 31.0. The van der Waals surface area contributed by atoms with Crippen LogP contribution in [0.2, 0.25) is 10.0 Å². The van der Waals surface area contributed by atoms with E-state index in [2.05, 4.69) is 20.6 Å². The molecule has 14 heteroatoms. The molecule has 3 rings (SSSR count). The van der Waals surface area contributed by atoms with Crippen LogP contribution in [-0.4, -0.2) is 53.0 Å². The van der Waals surface area contributed by atoms with Gasteiger partial charge in [-0.1, -0.05) is 49.2 Å². The Morgan fingerprint density at radius 2 is 1.57 bits per heavy atom. The number of carbonyl (C=O) groups is 3. The number of ether oxygens (including phenoxy) is 2. The maximum absolute atomic E-state index is 13.6. The monoisotopic (exact) mass is 626 g/mol. The highest BCUT2D eigenvalue weighted by Gasteiger charge is 2.45. The number of halogens is 5. The zero-order valence-electron chi connectivity index (χ0n) is 22.6. The topological polar surface area (TPSA) is 120 Å². The molecule has 0 saturated heterocycles. The molecule has 0 radical (unpaired) electrons. The molecule has 2 amide bonds. The van der Waals surface area contributed by atoms with E-state index in [0.717, 1.165) is 0 Å². The van der Waals surface area contributed by atoms with Crippen LogP contribution in [-0.2, 0) is 20.8 Å². The Hall–Kier alpha value is -3.90. The Labute approximate surface area is 249 Å². The summed E-state index contributed by atoms with van der Waals surface area (Å²) >= 11 is 12.2. The predicted molar refractivity (Wildman–Crippen MR) is 148 cm³/mol. The van der Waals surface area contributed by atoms with Gasteiger partial charge in [0.25, 0.3) is 11.7 Å². The van der Waals surface area contributed by atoms with E-state index in [-0.39, 0.29) is 27.8 Å². The molecule has 2 N–H and O–H groups in total. The lowest BCUT2D eigenvalue weighted by Gasteiger charge is -2.27. The Morgan fingerprint density at radius 3 is 2.10 bits per heavy atom. The Balaban J connectivity index is 1.96. The average molecular weight is 627 g/mol. The summed E-state index contributed by atoms with van der Waals surface area (Å²) in [7, 11) is 1.42. The van der Waals surface area contributed by atoms with Crippen LogP contribution >= 0.6 is 23.2 Å². The van der Waals surface area contributed by atoms with Crippen LogP contribution in [0, 0.1) is 5.92 Å². The van der Waals surface area contributed by atoms with Gasteiger partial charge in [-0.2, -0.15) is 13.2 Å². The number of Topliss-reactive ketones (excluding diaryl/α,β-unsaturated/α-hetero) is 1. The molecule has 0 saturated carbocycles. The van der Waals surface area contributed by atoms with Gasteiger partial charge in [0.1, 0.15) is 17.5 Å². The first-order valence-corrected chi connectivity index (χ1v) is 13.3. The average Bonchev–Trinajstić information content (AvgIpc) is 2.93. The van der Waals surface area contributed by atoms with Crippen molar-refractivity contribution in [3.05, 3.63) is 82.4 Å². The lowest BCUT2D eigenvalue weighted by atomic mass is 9.97. The van der Waals surface area contributed by atoms with E-state index in [1.165, 1.54) is 82.0 Å². The van der Waals surface area contributed by atoms with Gasteiger partial charge in [0.15, 0.2) is 6.10 Å². The Kier molecular flexibility index (Phi) is 11.1. The summed E-state index contributed by atoms with van der Waals surface area (Å²) < 4.78 is 50.8. The molecule has 42 heavy (non-hydrogen) atoms. The minimum absolute atomic E-state index is 0.109. The van der Waals surface area contributed by atoms with Crippen LogP contribution in [0.5, 0.6) is 11.5 Å². The molecular weight excluding hydrogens is 600 g/mol. The van der Waals surface area contributed by atoms with Crippen molar-refractivity contribution in [1.82, 2.24) is 20.6 Å². The SMILES string of the molecule is COc1ccc(C(NC(=O)C(Cc2cnccn2)Oc2cc(Cl)cc(Cl)c2)C(=O)N[C@H](C(=O)C(F)(F)F)C(C)C)cc1. The Bertz CT molecular complexity index is 1370. The number of carbonyl (C=O) groups excluding carboxylic acids is 3. The molecule has 0 aliphatic rings. The number of amides is 2. The number of benzene rings is 2. The third-order valence-electron chi connectivity index (χ3n) is 5.94. The zero-order valence-corrected chi connectivity index (χ0v) is 24.1. The maximum atomic E-state index is 13.6. The van der Waals surface area contributed by atoms with Gasteiger partial charge in [0.2, 0.25) is 5.91 Å². The summed E-state index contributed by atoms with van der Waals surface area (Å²) in [6.45, 7) is 2.72. The van der Waals surface area contributed by atoms with E-state index in [9.17, 15) is 27.6 Å². The number of nitrogens with zero attached hydrogens (tertiary/aromatic N) is 2. The second kappa shape index (κ2) is 14.3. The third-order valence-corrected chi connectivity index (χ3v) is 6.38. The molecule has 224 valence electrons. The maximum Gasteiger partial charge on any atom is 0.452 e. The first kappa shape index (κ1) is 32.6. The fourth-order valence-corrected chi connectivity index (χ4v) is 4.36. The van der Waals surface area contributed by atoms with Crippen LogP contribution in [0.1, 0.15) is 31.1 Å². The predicted octanol–water partition coefficient (Wildman–Crippen LogP) is 4.91. The number of hydrogen-bond donors (Lipinski definition) is 2. The van der Waals surface area contributed by atoms with Crippen molar-refractivity contribution >= 4 is 40.8 Å². The van der Waals surface area contributed by atoms with E-state index in [1.54, 1.807) is 0 Å². The standard InChI is InChI=1S/C28H27Cl2F3N4O5/c1-15(2)23(25(38)28(31,32)33)36-27(40)24(16-4-6-20(41-3)7-5-16)37-26(39)22(13-19-14-34-8-9-35-19)42-21-11-17(29)10-18(30)12-21/h4-12,14-15,22-24H,13H2,1-3H3,(H,36,40)(H,37,39)/t22?,23-,24?/m0/s1. The number of rotatable bonds is 12. The van der Waals surface area contributed by atoms with E-state index in [1.807, 2.05) is 0 Å². The molecule has 1 aromatic heterocycles. The van der Waals surface area contributed by atoms with Crippen molar-refractivity contribution < 1.29 is 37.0 Å². The van der Waals surface area contributed by atoms with Gasteiger partial charge in [-0.15, -0.1) is 0 Å². The second-order valence-corrected chi connectivity index (χ2v) is 10.3. The molecule has 3 aromatic rings. The fraction of sp³-hybridized carbons (Fsp3) is 0.321. The molecule has 0 spiro atoms. The Morgan fingerprint density at radius 1 is 0.929 bits per heavy atom. The number of hydrogen-bond acceptors (Lipinski definition) is 7. The lowest BCUT2D eigenvalue weighted by molar-refractivity contribution is -0.175. The van der Waals surface area contributed by atoms with Gasteiger partial charge in [0, 0.05) is 35.1 Å². The minimum Gasteiger partial charge on any atom is -0.497 e. The van der Waals surface area contributed by atoms with Gasteiger partial charge < -0.3 is 20.1 Å². The molecule has 0 fully saturated rings. The normalized spacial score (nSPS) is 13.5. The van der Waals surface area contributed by atoms with Crippen LogP contribution in [0.25, 0.3) is 0 Å². The molecule has 2 unspecified atom stereocenters. The molecule has 3 atom stereocenters. The summed E-state index contributed by atoms with van der Waals surface area (Å²) in [5, 5.41) is 5.17. The van der Waals surface area contributed by atoms with Crippen LogP contribution in [0.4, 0.5) is 13.2 Å². The largest absolute Gasteiger partial charge is 0.497 e. The molecule has 0 aliphatic heterocycles. The van der Waals surface area contributed by atoms with Crippen LogP contribution < -0.4 is 20.1 Å². The second-order valence-electron chi connectivity index (χ2n) is 9.42. The van der Waals surface area contributed by atoms with Crippen molar-refractivity contribution in [3.8, 4) is 11.5 Å². The highest BCUT2D eigenvalue weighted by Crippen LogP contribution is 2.27. The van der Waals surface area contributed by atoms with Crippen LogP contribution in [0.3, 0.4) is 0 Å². The highest BCUT2D eigenvalue weighted by atomic mass is 35.5. The van der Waals surface area contributed by atoms with Crippen molar-refractivity contribution in [2.45, 2.75) is 44.6 Å². The summed E-state index contributed by atoms with van der Waals surface area (Å²) in [5.41, 5.74) is 0.569. The first-order valence-electron chi connectivity index (χ1n) is 12.5. The lowest BCUT2D eigenvalue weighted by Crippen LogP contribution is -2.53. The van der Waals surface area contributed by atoms with Gasteiger partial charge in [-0.05, 0) is 41.8 Å². The summed E-state index contributed by atoms with van der Waals surface area (Å²) in [5.74, 6) is -4.33. The van der Waals surface area contributed by atoms with Gasteiger partial charge in [-0.3, -0.25) is 24.4 Å². The first-order chi connectivity index (χ1) is 19.8. The van der Waals surface area contributed by atoms with Crippen molar-refractivity contribution in [2.24, 2.45) is 5.92 Å². The van der Waals surface area contributed by atoms with E-state index in [0.29, 0.717) is 11.4 Å². The number of ketones is 1. The molecular formula is C28H27Cl2F3N4O5. The number of methoxy groups -OCH3 is 1. The molecule has 1 heterocycles. The van der Waals surface area contributed by atoms with Crippen molar-refractivity contribution in [3.63, 3.8) is 0 Å².